The van der Waals surface area contributed by atoms with Crippen LogP contribution in [0.5, 0.6) is 11.5 Å². The van der Waals surface area contributed by atoms with Crippen molar-refractivity contribution in [2.45, 2.75) is 12.5 Å². The largest absolute Gasteiger partial charge is 0.497 e. The second-order valence-electron chi connectivity index (χ2n) is 6.98. The third-order valence-corrected chi connectivity index (χ3v) is 5.12. The van der Waals surface area contributed by atoms with Crippen LogP contribution < -0.4 is 20.2 Å². The first-order valence-corrected chi connectivity index (χ1v) is 9.15. The van der Waals surface area contributed by atoms with Crippen LogP contribution in [-0.2, 0) is 10.3 Å². The molecule has 4 rings (SSSR count). The monoisotopic (exact) mass is 408 g/mol. The quantitative estimate of drug-likeness (QED) is 0.561. The van der Waals surface area contributed by atoms with Crippen molar-refractivity contribution < 1.29 is 23.9 Å². The number of hydrogen-bond acceptors (Lipinski definition) is 5. The van der Waals surface area contributed by atoms with Crippen molar-refractivity contribution in [3.05, 3.63) is 59.8 Å². The van der Waals surface area contributed by atoms with Gasteiger partial charge in [-0.1, -0.05) is 30.3 Å². The summed E-state index contributed by atoms with van der Waals surface area (Å²) in [7, 11) is 3.04. The zero-order chi connectivity index (χ0) is 21.5. The Morgan fingerprint density at radius 1 is 1.07 bits per heavy atom. The lowest BCUT2D eigenvalue weighted by atomic mass is 9.92. The number of hydrazine groups is 1. The highest BCUT2D eigenvalue weighted by molar-refractivity contribution is 6.09. The van der Waals surface area contributed by atoms with Crippen LogP contribution in [0.2, 0.25) is 0 Å². The van der Waals surface area contributed by atoms with Gasteiger partial charge in [0.25, 0.3) is 11.8 Å². The van der Waals surface area contributed by atoms with Gasteiger partial charge in [0.15, 0.2) is 0 Å². The lowest BCUT2D eigenvalue weighted by Crippen LogP contribution is -2.48. The molecule has 3 aromatic rings. The second-order valence-corrected chi connectivity index (χ2v) is 6.98. The Balaban J connectivity index is 1.61. The van der Waals surface area contributed by atoms with Gasteiger partial charge in [-0.2, -0.15) is 5.01 Å². The number of methoxy groups -OCH3 is 2. The normalized spacial score (nSPS) is 18.4. The van der Waals surface area contributed by atoms with Crippen molar-refractivity contribution in [2.75, 3.05) is 14.2 Å². The Labute approximate surface area is 171 Å². The van der Waals surface area contributed by atoms with Gasteiger partial charge >= 0.3 is 6.03 Å². The number of rotatable bonds is 5. The molecule has 30 heavy (non-hydrogen) atoms. The number of fused-ring (bicyclic) bond motifs is 1. The van der Waals surface area contributed by atoms with Crippen LogP contribution in [0.15, 0.2) is 48.5 Å². The lowest BCUT2D eigenvalue weighted by molar-refractivity contribution is -0.132. The Morgan fingerprint density at radius 2 is 1.80 bits per heavy atom. The summed E-state index contributed by atoms with van der Waals surface area (Å²) in [4.78, 5) is 41.1. The standard InChI is InChI=1S/C21H20N4O5/c1-21(13-7-5-4-6-8-13)19(27)25(20(28)23-21)24-18(26)15-10-12-9-14(29-2)11-16(30-3)17(12)22-15/h4-11,22H,1-3H3,(H,23,28)(H,24,26)/t21-/m0/s1. The summed E-state index contributed by atoms with van der Waals surface area (Å²) in [5.41, 5.74) is 2.46. The predicted molar refractivity (Wildman–Crippen MR) is 108 cm³/mol. The number of aromatic amines is 1. The van der Waals surface area contributed by atoms with E-state index in [1.54, 1.807) is 49.4 Å². The van der Waals surface area contributed by atoms with Crippen LogP contribution in [0.4, 0.5) is 4.79 Å². The highest BCUT2D eigenvalue weighted by atomic mass is 16.5. The van der Waals surface area contributed by atoms with E-state index in [1.165, 1.54) is 14.2 Å². The van der Waals surface area contributed by atoms with Gasteiger partial charge in [-0.25, -0.2) is 4.79 Å². The smallest absolute Gasteiger partial charge is 0.344 e. The number of H-pyrrole nitrogens is 1. The van der Waals surface area contributed by atoms with Crippen LogP contribution in [0.1, 0.15) is 23.0 Å². The molecule has 4 amide bonds. The summed E-state index contributed by atoms with van der Waals surface area (Å²) in [6, 6.07) is 13.1. The molecule has 1 aromatic heterocycles. The van der Waals surface area contributed by atoms with E-state index in [0.29, 0.717) is 33.0 Å². The molecule has 0 unspecified atom stereocenters. The summed E-state index contributed by atoms with van der Waals surface area (Å²) in [5.74, 6) is -0.163. The molecule has 0 aliphatic carbocycles. The summed E-state index contributed by atoms with van der Waals surface area (Å²) in [6.45, 7) is 1.59. The first-order valence-electron chi connectivity index (χ1n) is 9.15. The number of nitrogens with one attached hydrogen (secondary N) is 3. The molecule has 154 valence electrons. The van der Waals surface area contributed by atoms with Gasteiger partial charge in [0.2, 0.25) is 0 Å². The Kier molecular flexibility index (Phi) is 4.57. The van der Waals surface area contributed by atoms with Crippen molar-refractivity contribution >= 4 is 28.7 Å². The van der Waals surface area contributed by atoms with E-state index >= 15 is 0 Å². The molecular weight excluding hydrogens is 388 g/mol. The molecule has 1 atom stereocenters. The van der Waals surface area contributed by atoms with Crippen LogP contribution in [0.25, 0.3) is 10.9 Å². The van der Waals surface area contributed by atoms with E-state index in [0.717, 1.165) is 0 Å². The molecule has 9 heteroatoms. The topological polar surface area (TPSA) is 113 Å². The van der Waals surface area contributed by atoms with E-state index in [1.807, 2.05) is 6.07 Å². The zero-order valence-electron chi connectivity index (χ0n) is 16.6. The Hall–Kier alpha value is -4.01. The second kappa shape index (κ2) is 7.11. The number of ether oxygens (including phenoxy) is 2. The number of imide groups is 1. The minimum atomic E-state index is -1.28. The molecule has 0 spiro atoms. The van der Waals surface area contributed by atoms with Crippen LogP contribution in [0, 0.1) is 0 Å². The summed E-state index contributed by atoms with van der Waals surface area (Å²) in [6.07, 6.45) is 0. The predicted octanol–water partition coefficient (Wildman–Crippen LogP) is 2.30. The van der Waals surface area contributed by atoms with E-state index in [-0.39, 0.29) is 5.69 Å². The molecule has 1 aliphatic heterocycles. The van der Waals surface area contributed by atoms with Crippen molar-refractivity contribution in [1.29, 1.82) is 0 Å². The SMILES string of the molecule is COc1cc(OC)c2[nH]c(C(=O)NN3C(=O)N[C@@](C)(c4ccccc4)C3=O)cc2c1. The molecule has 0 bridgehead atoms. The van der Waals surface area contributed by atoms with Crippen molar-refractivity contribution in [3.63, 3.8) is 0 Å². The first kappa shape index (κ1) is 19.3. The van der Waals surface area contributed by atoms with Gasteiger partial charge in [-0.3, -0.25) is 15.0 Å². The summed E-state index contributed by atoms with van der Waals surface area (Å²) >= 11 is 0. The number of nitrogens with zero attached hydrogens (tertiary/aromatic N) is 1. The zero-order valence-corrected chi connectivity index (χ0v) is 16.6. The maximum Gasteiger partial charge on any atom is 0.344 e. The molecule has 0 saturated carbocycles. The van der Waals surface area contributed by atoms with Crippen LogP contribution in [-0.4, -0.2) is 42.1 Å². The number of amides is 4. The van der Waals surface area contributed by atoms with Crippen LogP contribution >= 0.6 is 0 Å². The van der Waals surface area contributed by atoms with E-state index in [4.69, 9.17) is 9.47 Å². The molecule has 0 radical (unpaired) electrons. The molecule has 1 aliphatic rings. The van der Waals surface area contributed by atoms with Gasteiger partial charge in [0.05, 0.1) is 19.7 Å². The van der Waals surface area contributed by atoms with Gasteiger partial charge in [-0.15, -0.1) is 0 Å². The number of urea groups is 1. The number of carbonyl (C=O) groups is 3. The van der Waals surface area contributed by atoms with Gasteiger partial charge < -0.3 is 19.8 Å². The summed E-state index contributed by atoms with van der Waals surface area (Å²) < 4.78 is 10.6. The molecule has 2 heterocycles. The third kappa shape index (κ3) is 3.00. The first-order chi connectivity index (χ1) is 14.4. The van der Waals surface area contributed by atoms with Crippen molar-refractivity contribution in [3.8, 4) is 11.5 Å². The number of aromatic nitrogens is 1. The maximum atomic E-state index is 12.9. The Bertz CT molecular complexity index is 1160. The highest BCUT2D eigenvalue weighted by Gasteiger charge is 2.50. The number of carbonyl (C=O) groups excluding carboxylic acids is 3. The lowest BCUT2D eigenvalue weighted by Gasteiger charge is -2.21. The molecule has 1 fully saturated rings. The molecular formula is C21H20N4O5. The maximum absolute atomic E-state index is 12.9. The minimum absolute atomic E-state index is 0.158. The fourth-order valence-corrected chi connectivity index (χ4v) is 3.46. The van der Waals surface area contributed by atoms with Gasteiger partial charge in [-0.05, 0) is 24.6 Å². The number of hydrogen-bond donors (Lipinski definition) is 3. The summed E-state index contributed by atoms with van der Waals surface area (Å²) in [5, 5.41) is 4.02. The van der Waals surface area contributed by atoms with Crippen LogP contribution in [0.3, 0.4) is 0 Å². The molecule has 2 aromatic carbocycles. The molecule has 1 saturated heterocycles. The van der Waals surface area contributed by atoms with E-state index < -0.39 is 23.4 Å². The average molecular weight is 408 g/mol. The fraction of sp³-hybridized carbons (Fsp3) is 0.190. The Morgan fingerprint density at radius 3 is 2.47 bits per heavy atom. The van der Waals surface area contributed by atoms with Gasteiger partial charge in [0.1, 0.15) is 22.7 Å². The molecule has 3 N–H and O–H groups in total. The van der Waals surface area contributed by atoms with E-state index in [9.17, 15) is 14.4 Å². The van der Waals surface area contributed by atoms with E-state index in [2.05, 4.69) is 15.7 Å². The highest BCUT2D eigenvalue weighted by Crippen LogP contribution is 2.31. The van der Waals surface area contributed by atoms with Gasteiger partial charge in [0, 0.05) is 11.5 Å². The fourth-order valence-electron chi connectivity index (χ4n) is 3.46. The average Bonchev–Trinajstić information content (AvgIpc) is 3.29. The third-order valence-electron chi connectivity index (χ3n) is 5.12. The minimum Gasteiger partial charge on any atom is -0.497 e. The number of benzene rings is 2. The van der Waals surface area contributed by atoms with Crippen molar-refractivity contribution in [1.82, 2.24) is 20.7 Å². The molecule has 9 nitrogen and oxygen atoms in total. The van der Waals surface area contributed by atoms with Crippen molar-refractivity contribution in [2.24, 2.45) is 0 Å².